The molecule has 0 aromatic carbocycles. The third-order valence-electron chi connectivity index (χ3n) is 2.78. The minimum absolute atomic E-state index is 0.0427. The normalized spacial score (nSPS) is 11.6. The van der Waals surface area contributed by atoms with E-state index in [0.717, 1.165) is 12.4 Å². The Balaban J connectivity index is 2.63. The number of hydrogen-bond donors (Lipinski definition) is 1. The number of rotatable bonds is 5. The summed E-state index contributed by atoms with van der Waals surface area (Å²) in [5.74, 6) is 0.996. The van der Waals surface area contributed by atoms with E-state index in [-0.39, 0.29) is 11.4 Å². The Morgan fingerprint density at radius 3 is 2.72 bits per heavy atom. The third-order valence-corrected chi connectivity index (χ3v) is 2.78. The molecule has 1 heterocycles. The lowest BCUT2D eigenvalue weighted by Crippen LogP contribution is -2.36. The van der Waals surface area contributed by atoms with Gasteiger partial charge in [-0.05, 0) is 27.7 Å². The van der Waals surface area contributed by atoms with Crippen LogP contribution in [0.4, 0.5) is 0 Å². The minimum Gasteiger partial charge on any atom is -0.344 e. The number of nitrogens with zero attached hydrogens (tertiary/aromatic N) is 3. The fourth-order valence-electron chi connectivity index (χ4n) is 1.44. The maximum absolute atomic E-state index is 11.9. The van der Waals surface area contributed by atoms with Gasteiger partial charge in [0.15, 0.2) is 0 Å². The second-order valence-corrected chi connectivity index (χ2v) is 5.48. The summed E-state index contributed by atoms with van der Waals surface area (Å²) in [4.78, 5) is 17.8. The lowest BCUT2D eigenvalue weighted by Gasteiger charge is -2.21. The summed E-state index contributed by atoms with van der Waals surface area (Å²) in [5.41, 5.74) is 0.0427. The Morgan fingerprint density at radius 1 is 1.50 bits per heavy atom. The Kier molecular flexibility index (Phi) is 4.90. The van der Waals surface area contributed by atoms with Crippen molar-refractivity contribution in [1.29, 1.82) is 0 Å². The molecule has 5 nitrogen and oxygen atoms in total. The van der Waals surface area contributed by atoms with Gasteiger partial charge in [0.05, 0.1) is 6.54 Å². The van der Waals surface area contributed by atoms with E-state index < -0.39 is 0 Å². The van der Waals surface area contributed by atoms with Crippen molar-refractivity contribution >= 4 is 5.91 Å². The van der Waals surface area contributed by atoms with Gasteiger partial charge in [0.2, 0.25) is 5.91 Å². The Bertz CT molecular complexity index is 392. The van der Waals surface area contributed by atoms with Crippen molar-refractivity contribution in [2.45, 2.75) is 46.3 Å². The van der Waals surface area contributed by atoms with Crippen molar-refractivity contribution in [1.82, 2.24) is 19.8 Å². The van der Waals surface area contributed by atoms with Gasteiger partial charge in [-0.2, -0.15) is 0 Å². The molecular weight excluding hydrogens is 228 g/mol. The largest absolute Gasteiger partial charge is 0.344 e. The van der Waals surface area contributed by atoms with Crippen LogP contribution in [0.5, 0.6) is 0 Å². The lowest BCUT2D eigenvalue weighted by molar-refractivity contribution is -0.130. The second-order valence-electron chi connectivity index (χ2n) is 5.48. The van der Waals surface area contributed by atoms with Gasteiger partial charge < -0.3 is 14.8 Å². The van der Waals surface area contributed by atoms with Gasteiger partial charge in [-0.3, -0.25) is 4.79 Å². The van der Waals surface area contributed by atoms with Crippen LogP contribution < -0.4 is 5.32 Å². The quantitative estimate of drug-likeness (QED) is 0.858. The van der Waals surface area contributed by atoms with Crippen LogP contribution in [0.1, 0.15) is 33.5 Å². The molecule has 102 valence electrons. The fraction of sp³-hybridized carbons (Fsp3) is 0.692. The average molecular weight is 252 g/mol. The summed E-state index contributed by atoms with van der Waals surface area (Å²) in [6, 6.07) is 0. The van der Waals surface area contributed by atoms with Gasteiger partial charge in [0.25, 0.3) is 0 Å². The van der Waals surface area contributed by atoms with E-state index in [4.69, 9.17) is 0 Å². The van der Waals surface area contributed by atoms with E-state index in [1.54, 1.807) is 11.1 Å². The molecular formula is C13H24N4O. The number of amides is 1. The van der Waals surface area contributed by atoms with Gasteiger partial charge >= 0.3 is 0 Å². The maximum Gasteiger partial charge on any atom is 0.242 e. The molecule has 0 bridgehead atoms. The number of aromatic nitrogens is 2. The summed E-state index contributed by atoms with van der Waals surface area (Å²) < 4.78 is 1.90. The Morgan fingerprint density at radius 2 is 2.17 bits per heavy atom. The van der Waals surface area contributed by atoms with E-state index in [1.807, 2.05) is 24.7 Å². The monoisotopic (exact) mass is 252 g/mol. The molecule has 0 atom stereocenters. The first-order valence-electron chi connectivity index (χ1n) is 6.32. The Hall–Kier alpha value is -1.36. The summed E-state index contributed by atoms with van der Waals surface area (Å²) in [5, 5.41) is 3.37. The molecule has 1 aromatic rings. The molecule has 0 aliphatic heterocycles. The van der Waals surface area contributed by atoms with Crippen LogP contribution in [0.3, 0.4) is 0 Å². The first-order valence-corrected chi connectivity index (χ1v) is 6.32. The predicted molar refractivity (Wildman–Crippen MR) is 72.1 cm³/mol. The third kappa shape index (κ3) is 4.49. The summed E-state index contributed by atoms with van der Waals surface area (Å²) in [6.45, 7) is 10.0. The zero-order chi connectivity index (χ0) is 13.8. The minimum atomic E-state index is 0.0427. The van der Waals surface area contributed by atoms with E-state index in [1.165, 1.54) is 0 Å². The number of carbonyl (C=O) groups is 1. The molecule has 1 amide bonds. The maximum atomic E-state index is 11.9. The van der Waals surface area contributed by atoms with Crippen LogP contribution in [0.15, 0.2) is 12.4 Å². The highest BCUT2D eigenvalue weighted by molar-refractivity contribution is 5.75. The first kappa shape index (κ1) is 14.7. The molecule has 0 spiro atoms. The summed E-state index contributed by atoms with van der Waals surface area (Å²) in [6.07, 6.45) is 3.58. The zero-order valence-electron chi connectivity index (χ0n) is 12.0. The first-order chi connectivity index (χ1) is 8.33. The highest BCUT2D eigenvalue weighted by atomic mass is 16.2. The topological polar surface area (TPSA) is 50.2 Å². The van der Waals surface area contributed by atoms with Crippen molar-refractivity contribution in [3.63, 3.8) is 0 Å². The number of nitrogens with one attached hydrogen (secondary N) is 1. The van der Waals surface area contributed by atoms with E-state index >= 15 is 0 Å². The zero-order valence-corrected chi connectivity index (χ0v) is 12.0. The summed E-state index contributed by atoms with van der Waals surface area (Å²) >= 11 is 0. The number of imidazole rings is 1. The van der Waals surface area contributed by atoms with Crippen LogP contribution in [-0.2, 0) is 17.9 Å². The van der Waals surface area contributed by atoms with E-state index in [2.05, 4.69) is 31.1 Å². The van der Waals surface area contributed by atoms with Crippen LogP contribution in [0.2, 0.25) is 0 Å². The standard InChI is InChI=1S/C13H24N4O/c1-6-16(5)12(18)10-17-8-7-14-11(17)9-15-13(2,3)4/h7-8,15H,6,9-10H2,1-5H3. The van der Waals surface area contributed by atoms with Gasteiger partial charge in [0, 0.05) is 31.5 Å². The lowest BCUT2D eigenvalue weighted by atomic mass is 10.1. The van der Waals surface area contributed by atoms with Gasteiger partial charge in [-0.25, -0.2) is 4.98 Å². The molecule has 1 N–H and O–H groups in total. The molecule has 0 radical (unpaired) electrons. The molecule has 0 fully saturated rings. The van der Waals surface area contributed by atoms with Crippen LogP contribution in [0, 0.1) is 0 Å². The molecule has 0 aliphatic carbocycles. The van der Waals surface area contributed by atoms with Crippen molar-refractivity contribution in [2.75, 3.05) is 13.6 Å². The molecule has 5 heteroatoms. The van der Waals surface area contributed by atoms with Crippen molar-refractivity contribution in [2.24, 2.45) is 0 Å². The highest BCUT2D eigenvalue weighted by Gasteiger charge is 2.13. The van der Waals surface area contributed by atoms with Crippen molar-refractivity contribution in [3.8, 4) is 0 Å². The van der Waals surface area contributed by atoms with Crippen LogP contribution >= 0.6 is 0 Å². The van der Waals surface area contributed by atoms with Crippen LogP contribution in [0.25, 0.3) is 0 Å². The number of hydrogen-bond acceptors (Lipinski definition) is 3. The average Bonchev–Trinajstić information content (AvgIpc) is 2.71. The second kappa shape index (κ2) is 6.00. The van der Waals surface area contributed by atoms with Crippen LogP contribution in [-0.4, -0.2) is 39.5 Å². The SMILES string of the molecule is CCN(C)C(=O)Cn1ccnc1CNC(C)(C)C. The van der Waals surface area contributed by atoms with Gasteiger partial charge in [0.1, 0.15) is 12.4 Å². The molecule has 18 heavy (non-hydrogen) atoms. The highest BCUT2D eigenvalue weighted by Crippen LogP contribution is 2.04. The molecule has 1 aromatic heterocycles. The smallest absolute Gasteiger partial charge is 0.242 e. The predicted octanol–water partition coefficient (Wildman–Crippen LogP) is 1.25. The van der Waals surface area contributed by atoms with E-state index in [9.17, 15) is 4.79 Å². The van der Waals surface area contributed by atoms with Crippen molar-refractivity contribution in [3.05, 3.63) is 18.2 Å². The molecule has 1 rings (SSSR count). The Labute approximate surface area is 109 Å². The van der Waals surface area contributed by atoms with E-state index in [0.29, 0.717) is 13.1 Å². The fourth-order valence-corrected chi connectivity index (χ4v) is 1.44. The molecule has 0 aliphatic rings. The summed E-state index contributed by atoms with van der Waals surface area (Å²) in [7, 11) is 1.81. The number of likely N-dealkylation sites (N-methyl/N-ethyl adjacent to an activating group) is 1. The molecule has 0 unspecified atom stereocenters. The molecule has 0 saturated heterocycles. The van der Waals surface area contributed by atoms with Gasteiger partial charge in [-0.15, -0.1) is 0 Å². The van der Waals surface area contributed by atoms with Crippen molar-refractivity contribution < 1.29 is 4.79 Å². The molecule has 0 saturated carbocycles. The van der Waals surface area contributed by atoms with Gasteiger partial charge in [-0.1, -0.05) is 0 Å². The number of carbonyl (C=O) groups excluding carboxylic acids is 1.